The molecule has 1 rings (SSSR count). The third-order valence-electron chi connectivity index (χ3n) is 4.58. The van der Waals surface area contributed by atoms with Crippen LogP contribution in [0.1, 0.15) is 84.0 Å². The van der Waals surface area contributed by atoms with E-state index in [4.69, 9.17) is 9.16 Å². The standard InChI is InChI=1S/C21H40O3Si/c1-5-6-13-16-19-20(24-25(2,3)4)17-14-11-9-7-8-10-12-15-18-21(22)23-19/h11,14,19-20H,5-10,12-13,15-18H2,1-4H3. The van der Waals surface area contributed by atoms with Crippen LogP contribution in [0.2, 0.25) is 19.6 Å². The highest BCUT2D eigenvalue weighted by Gasteiger charge is 2.29. The molecule has 0 saturated carbocycles. The first-order valence-electron chi connectivity index (χ1n) is 10.4. The average Bonchev–Trinajstić information content (AvgIpc) is 2.53. The van der Waals surface area contributed by atoms with Crippen molar-refractivity contribution in [3.63, 3.8) is 0 Å². The van der Waals surface area contributed by atoms with Gasteiger partial charge in [-0.2, -0.15) is 0 Å². The minimum Gasteiger partial charge on any atom is -0.460 e. The van der Waals surface area contributed by atoms with Crippen LogP contribution in [0.25, 0.3) is 0 Å². The third kappa shape index (κ3) is 11.6. The first-order valence-corrected chi connectivity index (χ1v) is 13.9. The van der Waals surface area contributed by atoms with Crippen LogP contribution in [0.15, 0.2) is 12.2 Å². The summed E-state index contributed by atoms with van der Waals surface area (Å²) in [6.07, 6.45) is 17.2. The highest BCUT2D eigenvalue weighted by atomic mass is 28.4. The topological polar surface area (TPSA) is 35.5 Å². The van der Waals surface area contributed by atoms with Gasteiger partial charge in [0.2, 0.25) is 0 Å². The number of unbranched alkanes of at least 4 members (excludes halogenated alkanes) is 2. The Labute approximate surface area is 156 Å². The van der Waals surface area contributed by atoms with Crippen molar-refractivity contribution < 1.29 is 14.0 Å². The first kappa shape index (κ1) is 22.4. The Morgan fingerprint density at radius 1 is 1.08 bits per heavy atom. The molecule has 146 valence electrons. The highest BCUT2D eigenvalue weighted by molar-refractivity contribution is 6.69. The second kappa shape index (κ2) is 12.7. The van der Waals surface area contributed by atoms with E-state index < -0.39 is 8.32 Å². The van der Waals surface area contributed by atoms with E-state index in [2.05, 4.69) is 38.7 Å². The predicted octanol–water partition coefficient (Wildman–Crippen LogP) is 6.39. The molecular formula is C21H40O3Si. The Morgan fingerprint density at radius 2 is 1.80 bits per heavy atom. The van der Waals surface area contributed by atoms with Crippen molar-refractivity contribution in [2.45, 2.75) is 116 Å². The molecule has 4 heteroatoms. The van der Waals surface area contributed by atoms with Crippen molar-refractivity contribution in [1.29, 1.82) is 0 Å². The van der Waals surface area contributed by atoms with Crippen molar-refractivity contribution in [3.05, 3.63) is 12.2 Å². The molecule has 0 amide bonds. The molecule has 0 aromatic rings. The predicted molar refractivity (Wildman–Crippen MR) is 108 cm³/mol. The quantitative estimate of drug-likeness (QED) is 0.236. The zero-order chi connectivity index (χ0) is 18.5. The summed E-state index contributed by atoms with van der Waals surface area (Å²) in [6, 6.07) is 0. The number of rotatable bonds is 6. The molecule has 1 heterocycles. The van der Waals surface area contributed by atoms with E-state index in [1.807, 2.05) is 0 Å². The van der Waals surface area contributed by atoms with Gasteiger partial charge >= 0.3 is 5.97 Å². The van der Waals surface area contributed by atoms with Crippen molar-refractivity contribution in [2.24, 2.45) is 0 Å². The molecule has 0 fully saturated rings. The normalized spacial score (nSPS) is 24.6. The second-order valence-electron chi connectivity index (χ2n) is 8.31. The van der Waals surface area contributed by atoms with Crippen molar-refractivity contribution >= 4 is 14.3 Å². The number of ether oxygens (including phenoxy) is 1. The maximum absolute atomic E-state index is 12.3. The van der Waals surface area contributed by atoms with Crippen LogP contribution in [0.4, 0.5) is 0 Å². The zero-order valence-electron chi connectivity index (χ0n) is 17.0. The van der Waals surface area contributed by atoms with Crippen LogP contribution >= 0.6 is 0 Å². The lowest BCUT2D eigenvalue weighted by molar-refractivity contribution is -0.155. The molecule has 2 atom stereocenters. The Balaban J connectivity index is 2.83. The summed E-state index contributed by atoms with van der Waals surface area (Å²) in [6.45, 7) is 8.85. The van der Waals surface area contributed by atoms with Crippen LogP contribution in [0.5, 0.6) is 0 Å². The number of hydrogen-bond acceptors (Lipinski definition) is 3. The van der Waals surface area contributed by atoms with E-state index in [0.717, 1.165) is 38.5 Å². The summed E-state index contributed by atoms with van der Waals surface area (Å²) in [5, 5.41) is 0. The molecule has 0 bridgehead atoms. The summed E-state index contributed by atoms with van der Waals surface area (Å²) in [7, 11) is -1.69. The van der Waals surface area contributed by atoms with Gasteiger partial charge in [0.15, 0.2) is 8.32 Å². The molecule has 25 heavy (non-hydrogen) atoms. The number of carbonyl (C=O) groups excluding carboxylic acids is 1. The molecule has 2 unspecified atom stereocenters. The molecular weight excluding hydrogens is 328 g/mol. The summed E-state index contributed by atoms with van der Waals surface area (Å²) in [4.78, 5) is 12.3. The van der Waals surface area contributed by atoms with Crippen LogP contribution in [-0.2, 0) is 14.0 Å². The van der Waals surface area contributed by atoms with Gasteiger partial charge in [-0.15, -0.1) is 0 Å². The average molecular weight is 369 g/mol. The maximum Gasteiger partial charge on any atom is 0.306 e. The Kier molecular flexibility index (Phi) is 11.4. The largest absolute Gasteiger partial charge is 0.460 e. The van der Waals surface area contributed by atoms with Gasteiger partial charge in [0, 0.05) is 6.42 Å². The minimum absolute atomic E-state index is 0.00617. The first-order chi connectivity index (χ1) is 11.9. The van der Waals surface area contributed by atoms with Gasteiger partial charge < -0.3 is 9.16 Å². The van der Waals surface area contributed by atoms with Crippen LogP contribution < -0.4 is 0 Å². The van der Waals surface area contributed by atoms with Gasteiger partial charge in [0.05, 0.1) is 6.10 Å². The monoisotopic (exact) mass is 368 g/mol. The number of cyclic esters (lactones) is 1. The fourth-order valence-corrected chi connectivity index (χ4v) is 4.44. The van der Waals surface area contributed by atoms with Gasteiger partial charge in [-0.05, 0) is 58.2 Å². The van der Waals surface area contributed by atoms with Gasteiger partial charge in [-0.3, -0.25) is 4.79 Å². The Hall–Kier alpha value is -0.613. The van der Waals surface area contributed by atoms with Gasteiger partial charge in [0.25, 0.3) is 0 Å². The van der Waals surface area contributed by atoms with Crippen LogP contribution in [0, 0.1) is 0 Å². The molecule has 0 radical (unpaired) electrons. The molecule has 0 N–H and O–H groups in total. The fourth-order valence-electron chi connectivity index (χ4n) is 3.28. The summed E-state index contributed by atoms with van der Waals surface area (Å²) >= 11 is 0. The summed E-state index contributed by atoms with van der Waals surface area (Å²) in [5.41, 5.74) is 0. The lowest BCUT2D eigenvalue weighted by Crippen LogP contribution is -2.41. The SMILES string of the molecule is CCCCCC1OC(=O)CCCCCCCC=CCC1O[Si](C)(C)C. The number of allylic oxidation sites excluding steroid dienone is 1. The van der Waals surface area contributed by atoms with Gasteiger partial charge in [-0.1, -0.05) is 51.2 Å². The molecule has 0 spiro atoms. The highest BCUT2D eigenvalue weighted by Crippen LogP contribution is 2.22. The van der Waals surface area contributed by atoms with Crippen molar-refractivity contribution in [1.82, 2.24) is 0 Å². The number of hydrogen-bond donors (Lipinski definition) is 0. The summed E-state index contributed by atoms with van der Waals surface area (Å²) in [5.74, 6) is -0.0355. The molecule has 0 aromatic heterocycles. The molecule has 0 aliphatic carbocycles. The smallest absolute Gasteiger partial charge is 0.306 e. The van der Waals surface area contributed by atoms with Crippen molar-refractivity contribution in [2.75, 3.05) is 0 Å². The number of carbonyl (C=O) groups is 1. The van der Waals surface area contributed by atoms with Gasteiger partial charge in [0.1, 0.15) is 6.10 Å². The molecule has 0 saturated heterocycles. The minimum atomic E-state index is -1.69. The van der Waals surface area contributed by atoms with E-state index in [-0.39, 0.29) is 18.2 Å². The van der Waals surface area contributed by atoms with E-state index >= 15 is 0 Å². The lowest BCUT2D eigenvalue weighted by Gasteiger charge is -2.32. The molecule has 3 nitrogen and oxygen atoms in total. The maximum atomic E-state index is 12.3. The zero-order valence-corrected chi connectivity index (χ0v) is 18.0. The summed E-state index contributed by atoms with van der Waals surface area (Å²) < 4.78 is 12.4. The van der Waals surface area contributed by atoms with E-state index in [9.17, 15) is 4.79 Å². The lowest BCUT2D eigenvalue weighted by atomic mass is 10.0. The Morgan fingerprint density at radius 3 is 2.52 bits per heavy atom. The molecule has 0 aromatic carbocycles. The van der Waals surface area contributed by atoms with Crippen LogP contribution in [0.3, 0.4) is 0 Å². The van der Waals surface area contributed by atoms with E-state index in [0.29, 0.717) is 6.42 Å². The second-order valence-corrected chi connectivity index (χ2v) is 12.8. The Bertz CT molecular complexity index is 387. The molecule has 1 aliphatic heterocycles. The van der Waals surface area contributed by atoms with E-state index in [1.54, 1.807) is 0 Å². The van der Waals surface area contributed by atoms with E-state index in [1.165, 1.54) is 32.1 Å². The van der Waals surface area contributed by atoms with Crippen molar-refractivity contribution in [3.8, 4) is 0 Å². The molecule has 1 aliphatic rings. The van der Waals surface area contributed by atoms with Gasteiger partial charge in [-0.25, -0.2) is 0 Å². The van der Waals surface area contributed by atoms with Crippen LogP contribution in [-0.4, -0.2) is 26.5 Å². The third-order valence-corrected chi connectivity index (χ3v) is 5.59. The number of esters is 1. The fraction of sp³-hybridized carbons (Fsp3) is 0.857.